The summed E-state index contributed by atoms with van der Waals surface area (Å²) in [6, 6.07) is 3.46. The first kappa shape index (κ1) is 16.6. The first-order valence-corrected chi connectivity index (χ1v) is 7.69. The second-order valence-electron chi connectivity index (χ2n) is 6.97. The molecule has 5 heteroatoms. The van der Waals surface area contributed by atoms with Crippen LogP contribution in [-0.4, -0.2) is 30.8 Å². The van der Waals surface area contributed by atoms with Crippen molar-refractivity contribution < 1.29 is 13.9 Å². The van der Waals surface area contributed by atoms with Crippen LogP contribution in [0.2, 0.25) is 0 Å². The third-order valence-electron chi connectivity index (χ3n) is 3.61. The fourth-order valence-corrected chi connectivity index (χ4v) is 2.65. The predicted octanol–water partition coefficient (Wildman–Crippen LogP) is 3.41. The number of nitrogens with zero attached hydrogens (tertiary/aromatic N) is 1. The van der Waals surface area contributed by atoms with Gasteiger partial charge in [-0.3, -0.25) is 0 Å². The minimum atomic E-state index is -0.501. The van der Waals surface area contributed by atoms with Crippen LogP contribution < -0.4 is 10.2 Å². The molecule has 4 nitrogen and oxygen atoms in total. The molecule has 0 bridgehead atoms. The molecular weight excluding hydrogens is 283 g/mol. The van der Waals surface area contributed by atoms with Gasteiger partial charge in [0.15, 0.2) is 0 Å². The van der Waals surface area contributed by atoms with E-state index < -0.39 is 11.7 Å². The number of hydrogen-bond acceptors (Lipinski definition) is 3. The molecular formula is C17H25FN2O2. The number of carbonyl (C=O) groups excluding carboxylic acids is 1. The average molecular weight is 308 g/mol. The van der Waals surface area contributed by atoms with Crippen molar-refractivity contribution in [1.82, 2.24) is 5.32 Å². The molecule has 1 aromatic carbocycles. The molecule has 1 aliphatic rings. The zero-order valence-corrected chi connectivity index (χ0v) is 14.0. The van der Waals surface area contributed by atoms with Crippen molar-refractivity contribution in [2.45, 2.75) is 52.7 Å². The Morgan fingerprint density at radius 2 is 2.14 bits per heavy atom. The van der Waals surface area contributed by atoms with E-state index in [9.17, 15) is 9.18 Å². The largest absolute Gasteiger partial charge is 0.444 e. The van der Waals surface area contributed by atoms with Gasteiger partial charge in [0.1, 0.15) is 11.4 Å². The molecule has 0 aromatic heterocycles. The number of nitrogens with one attached hydrogen (secondary N) is 1. The summed E-state index contributed by atoms with van der Waals surface area (Å²) in [5.41, 5.74) is 2.25. The van der Waals surface area contributed by atoms with E-state index in [1.165, 1.54) is 0 Å². The monoisotopic (exact) mass is 308 g/mol. The number of carbonyl (C=O) groups is 1. The van der Waals surface area contributed by atoms with Gasteiger partial charge in [-0.15, -0.1) is 0 Å². The van der Waals surface area contributed by atoms with E-state index in [0.29, 0.717) is 12.1 Å². The van der Waals surface area contributed by atoms with Gasteiger partial charge in [-0.25, -0.2) is 9.18 Å². The maximum atomic E-state index is 13.6. The molecule has 0 aliphatic carbocycles. The molecule has 1 atom stereocenters. The standard InChI is InChI=1S/C17H25FN2O2/c1-11-8-15-13(9-14(11)18)6-7-20(15)10-12(2)19-16(21)22-17(3,4)5/h8-9,12H,6-7,10H2,1-5H3,(H,19,21)/t12-/m0/s1. The van der Waals surface area contributed by atoms with Crippen LogP contribution in [0, 0.1) is 12.7 Å². The second-order valence-corrected chi connectivity index (χ2v) is 6.97. The molecule has 0 unspecified atom stereocenters. The summed E-state index contributed by atoms with van der Waals surface area (Å²) < 4.78 is 18.9. The summed E-state index contributed by atoms with van der Waals surface area (Å²) in [4.78, 5) is 14.0. The highest BCUT2D eigenvalue weighted by Gasteiger charge is 2.24. The fourth-order valence-electron chi connectivity index (χ4n) is 2.65. The third kappa shape index (κ3) is 4.12. The summed E-state index contributed by atoms with van der Waals surface area (Å²) in [5.74, 6) is -0.152. The highest BCUT2D eigenvalue weighted by molar-refractivity contribution is 5.68. The Balaban J connectivity index is 1.96. The molecule has 1 aromatic rings. The number of fused-ring (bicyclic) bond motifs is 1. The van der Waals surface area contributed by atoms with Crippen LogP contribution in [-0.2, 0) is 11.2 Å². The van der Waals surface area contributed by atoms with Gasteiger partial charge >= 0.3 is 6.09 Å². The number of hydrogen-bond donors (Lipinski definition) is 1. The molecule has 122 valence electrons. The van der Waals surface area contributed by atoms with Crippen molar-refractivity contribution in [3.8, 4) is 0 Å². The van der Waals surface area contributed by atoms with Gasteiger partial charge in [0.05, 0.1) is 0 Å². The zero-order valence-electron chi connectivity index (χ0n) is 14.0. The summed E-state index contributed by atoms with van der Waals surface area (Å²) in [6.45, 7) is 10.8. The van der Waals surface area contributed by atoms with Crippen molar-refractivity contribution in [3.05, 3.63) is 29.1 Å². The van der Waals surface area contributed by atoms with Crippen LogP contribution in [0.5, 0.6) is 0 Å². The molecule has 1 N–H and O–H groups in total. The normalized spacial score (nSPS) is 15.5. The van der Waals surface area contributed by atoms with Crippen molar-refractivity contribution in [2.75, 3.05) is 18.0 Å². The summed E-state index contributed by atoms with van der Waals surface area (Å²) >= 11 is 0. The Hall–Kier alpha value is -1.78. The van der Waals surface area contributed by atoms with Gasteiger partial charge in [0.2, 0.25) is 0 Å². The zero-order chi connectivity index (χ0) is 16.5. The van der Waals surface area contributed by atoms with E-state index in [2.05, 4.69) is 10.2 Å². The Bertz CT molecular complexity index is 567. The van der Waals surface area contributed by atoms with E-state index in [4.69, 9.17) is 4.74 Å². The molecule has 1 amide bonds. The van der Waals surface area contributed by atoms with Crippen molar-refractivity contribution in [2.24, 2.45) is 0 Å². The Morgan fingerprint density at radius 3 is 2.77 bits per heavy atom. The van der Waals surface area contributed by atoms with E-state index in [0.717, 1.165) is 24.2 Å². The summed E-state index contributed by atoms with van der Waals surface area (Å²) in [5, 5.41) is 2.84. The van der Waals surface area contributed by atoms with Gasteiger partial charge in [-0.2, -0.15) is 0 Å². The molecule has 0 saturated heterocycles. The van der Waals surface area contributed by atoms with Crippen LogP contribution in [0.4, 0.5) is 14.9 Å². The molecule has 0 spiro atoms. The Kier molecular flexibility index (Phi) is 4.63. The van der Waals surface area contributed by atoms with Crippen LogP contribution in [0.15, 0.2) is 12.1 Å². The van der Waals surface area contributed by atoms with Gasteiger partial charge in [0, 0.05) is 24.8 Å². The van der Waals surface area contributed by atoms with Crippen LogP contribution in [0.25, 0.3) is 0 Å². The highest BCUT2D eigenvalue weighted by Crippen LogP contribution is 2.30. The highest BCUT2D eigenvalue weighted by atomic mass is 19.1. The number of ether oxygens (including phenoxy) is 1. The molecule has 0 saturated carbocycles. The van der Waals surface area contributed by atoms with E-state index in [1.54, 1.807) is 13.0 Å². The Morgan fingerprint density at radius 1 is 1.45 bits per heavy atom. The number of aryl methyl sites for hydroxylation is 1. The van der Waals surface area contributed by atoms with Crippen LogP contribution in [0.1, 0.15) is 38.8 Å². The third-order valence-corrected chi connectivity index (χ3v) is 3.61. The number of benzene rings is 1. The predicted molar refractivity (Wildman–Crippen MR) is 85.9 cm³/mol. The minimum Gasteiger partial charge on any atom is -0.444 e. The number of halogens is 1. The quantitative estimate of drug-likeness (QED) is 0.930. The van der Waals surface area contributed by atoms with E-state index >= 15 is 0 Å². The summed E-state index contributed by atoms with van der Waals surface area (Å²) in [6.07, 6.45) is 0.431. The van der Waals surface area contributed by atoms with Crippen molar-refractivity contribution in [1.29, 1.82) is 0 Å². The van der Waals surface area contributed by atoms with E-state index in [-0.39, 0.29) is 11.9 Å². The molecule has 1 aliphatic heterocycles. The van der Waals surface area contributed by atoms with Gasteiger partial charge in [0.25, 0.3) is 0 Å². The maximum absolute atomic E-state index is 13.6. The molecule has 22 heavy (non-hydrogen) atoms. The molecule has 1 heterocycles. The van der Waals surface area contributed by atoms with Gasteiger partial charge in [-0.05, 0) is 64.3 Å². The summed E-state index contributed by atoms with van der Waals surface area (Å²) in [7, 11) is 0. The van der Waals surface area contributed by atoms with Gasteiger partial charge < -0.3 is 15.0 Å². The lowest BCUT2D eigenvalue weighted by Crippen LogP contribution is -2.43. The second kappa shape index (κ2) is 6.15. The van der Waals surface area contributed by atoms with Crippen molar-refractivity contribution in [3.63, 3.8) is 0 Å². The topological polar surface area (TPSA) is 41.6 Å². The fraction of sp³-hybridized carbons (Fsp3) is 0.588. The average Bonchev–Trinajstić information content (AvgIpc) is 2.70. The number of rotatable bonds is 3. The molecule has 0 radical (unpaired) electrons. The number of anilines is 1. The smallest absolute Gasteiger partial charge is 0.407 e. The molecule has 0 fully saturated rings. The lowest BCUT2D eigenvalue weighted by Gasteiger charge is -2.26. The molecule has 2 rings (SSSR count). The number of amides is 1. The first-order valence-electron chi connectivity index (χ1n) is 7.69. The van der Waals surface area contributed by atoms with Crippen LogP contribution >= 0.6 is 0 Å². The van der Waals surface area contributed by atoms with E-state index in [1.807, 2.05) is 33.8 Å². The number of alkyl carbamates (subject to hydrolysis) is 1. The van der Waals surface area contributed by atoms with Crippen LogP contribution in [0.3, 0.4) is 0 Å². The SMILES string of the molecule is Cc1cc2c(cc1F)CCN2C[C@H](C)NC(=O)OC(C)(C)C. The lowest BCUT2D eigenvalue weighted by molar-refractivity contribution is 0.0510. The van der Waals surface area contributed by atoms with Gasteiger partial charge in [-0.1, -0.05) is 0 Å². The first-order chi connectivity index (χ1) is 10.2. The Labute approximate surface area is 131 Å². The maximum Gasteiger partial charge on any atom is 0.407 e. The lowest BCUT2D eigenvalue weighted by atomic mass is 10.1. The van der Waals surface area contributed by atoms with Crippen molar-refractivity contribution >= 4 is 11.8 Å². The minimum absolute atomic E-state index is 0.0499.